The Labute approximate surface area is 74.2 Å². The summed E-state index contributed by atoms with van der Waals surface area (Å²) in [5.41, 5.74) is 0. The van der Waals surface area contributed by atoms with E-state index in [2.05, 4.69) is 5.32 Å². The second kappa shape index (κ2) is 6.00. The molecule has 0 saturated heterocycles. The van der Waals surface area contributed by atoms with Gasteiger partial charge in [0.2, 0.25) is 0 Å². The summed E-state index contributed by atoms with van der Waals surface area (Å²) in [4.78, 5) is 10.7. The Morgan fingerprint density at radius 3 is 2.42 bits per heavy atom. The van der Waals surface area contributed by atoms with Crippen molar-refractivity contribution in [3.8, 4) is 0 Å². The van der Waals surface area contributed by atoms with Gasteiger partial charge in [-0.1, -0.05) is 20.8 Å². The lowest BCUT2D eigenvalue weighted by Crippen LogP contribution is -2.29. The van der Waals surface area contributed by atoms with E-state index in [1.54, 1.807) is 0 Å². The summed E-state index contributed by atoms with van der Waals surface area (Å²) < 4.78 is 0. The van der Waals surface area contributed by atoms with Gasteiger partial charge in [0.05, 0.1) is 5.92 Å². The Hall–Kier alpha value is -0.570. The predicted octanol–water partition coefficient (Wildman–Crippen LogP) is 1.34. The molecule has 0 amide bonds. The van der Waals surface area contributed by atoms with Crippen molar-refractivity contribution in [3.63, 3.8) is 0 Å². The van der Waals surface area contributed by atoms with Crippen molar-refractivity contribution in [2.75, 3.05) is 13.1 Å². The SMILES string of the molecule is CCNCC(CC(C)C)C(=O)O. The summed E-state index contributed by atoms with van der Waals surface area (Å²) >= 11 is 0. The van der Waals surface area contributed by atoms with Crippen LogP contribution >= 0.6 is 0 Å². The molecule has 12 heavy (non-hydrogen) atoms. The molecular weight excluding hydrogens is 154 g/mol. The molecule has 3 nitrogen and oxygen atoms in total. The van der Waals surface area contributed by atoms with Crippen molar-refractivity contribution in [2.24, 2.45) is 11.8 Å². The first-order chi connectivity index (χ1) is 5.57. The van der Waals surface area contributed by atoms with E-state index < -0.39 is 5.97 Å². The van der Waals surface area contributed by atoms with Gasteiger partial charge in [-0.3, -0.25) is 4.79 Å². The second-order valence-electron chi connectivity index (χ2n) is 3.47. The van der Waals surface area contributed by atoms with Crippen molar-refractivity contribution in [1.29, 1.82) is 0 Å². The molecule has 3 heteroatoms. The van der Waals surface area contributed by atoms with Crippen LogP contribution < -0.4 is 5.32 Å². The molecule has 1 unspecified atom stereocenters. The third kappa shape index (κ3) is 5.13. The monoisotopic (exact) mass is 173 g/mol. The molecule has 0 aliphatic carbocycles. The van der Waals surface area contributed by atoms with Gasteiger partial charge in [0.15, 0.2) is 0 Å². The van der Waals surface area contributed by atoms with E-state index in [9.17, 15) is 4.79 Å². The first-order valence-electron chi connectivity index (χ1n) is 4.51. The van der Waals surface area contributed by atoms with E-state index in [-0.39, 0.29) is 5.92 Å². The van der Waals surface area contributed by atoms with Crippen LogP contribution in [0.15, 0.2) is 0 Å². The molecule has 0 aromatic carbocycles. The van der Waals surface area contributed by atoms with E-state index in [0.717, 1.165) is 13.0 Å². The standard InChI is InChI=1S/C9H19NO2/c1-4-10-6-8(9(11)12)5-7(2)3/h7-8,10H,4-6H2,1-3H3,(H,11,12). The number of aliphatic carboxylic acids is 1. The highest BCUT2D eigenvalue weighted by atomic mass is 16.4. The molecule has 0 bridgehead atoms. The Morgan fingerprint density at radius 1 is 1.50 bits per heavy atom. The quantitative estimate of drug-likeness (QED) is 0.637. The maximum Gasteiger partial charge on any atom is 0.307 e. The highest BCUT2D eigenvalue weighted by Gasteiger charge is 2.17. The number of hydrogen-bond donors (Lipinski definition) is 2. The average Bonchev–Trinajstić information content (AvgIpc) is 1.96. The topological polar surface area (TPSA) is 49.3 Å². The van der Waals surface area contributed by atoms with E-state index in [1.165, 1.54) is 0 Å². The highest BCUT2D eigenvalue weighted by molar-refractivity contribution is 5.70. The van der Waals surface area contributed by atoms with Gasteiger partial charge in [0.25, 0.3) is 0 Å². The zero-order valence-electron chi connectivity index (χ0n) is 8.13. The van der Waals surface area contributed by atoms with Crippen LogP contribution in [-0.2, 0) is 4.79 Å². The first kappa shape index (κ1) is 11.4. The number of carboxylic acids is 1. The van der Waals surface area contributed by atoms with Gasteiger partial charge in [-0.2, -0.15) is 0 Å². The van der Waals surface area contributed by atoms with E-state index in [1.807, 2.05) is 20.8 Å². The number of carbonyl (C=O) groups is 1. The molecule has 0 heterocycles. The van der Waals surface area contributed by atoms with Crippen LogP contribution in [0.25, 0.3) is 0 Å². The normalized spacial score (nSPS) is 13.3. The smallest absolute Gasteiger partial charge is 0.307 e. The maximum absolute atomic E-state index is 10.7. The van der Waals surface area contributed by atoms with Crippen molar-refractivity contribution >= 4 is 5.97 Å². The van der Waals surface area contributed by atoms with Gasteiger partial charge >= 0.3 is 5.97 Å². The molecule has 0 aliphatic heterocycles. The molecule has 0 radical (unpaired) electrons. The molecule has 0 spiro atoms. The summed E-state index contributed by atoms with van der Waals surface area (Å²) in [5.74, 6) is -0.473. The van der Waals surface area contributed by atoms with Gasteiger partial charge in [0, 0.05) is 6.54 Å². The number of carboxylic acid groups (broad SMARTS) is 1. The highest BCUT2D eigenvalue weighted by Crippen LogP contribution is 2.10. The van der Waals surface area contributed by atoms with Crippen LogP contribution in [0, 0.1) is 11.8 Å². The van der Waals surface area contributed by atoms with E-state index >= 15 is 0 Å². The Kier molecular flexibility index (Phi) is 5.72. The molecule has 0 aliphatic rings. The average molecular weight is 173 g/mol. The van der Waals surface area contributed by atoms with Crippen LogP contribution in [0.1, 0.15) is 27.2 Å². The lowest BCUT2D eigenvalue weighted by molar-refractivity contribution is -0.142. The van der Waals surface area contributed by atoms with Crippen LogP contribution in [0.4, 0.5) is 0 Å². The van der Waals surface area contributed by atoms with Gasteiger partial charge in [-0.25, -0.2) is 0 Å². The Bertz CT molecular complexity index is 134. The van der Waals surface area contributed by atoms with E-state index in [4.69, 9.17) is 5.11 Å². The fraction of sp³-hybridized carbons (Fsp3) is 0.889. The van der Waals surface area contributed by atoms with Gasteiger partial charge in [-0.15, -0.1) is 0 Å². The largest absolute Gasteiger partial charge is 0.481 e. The van der Waals surface area contributed by atoms with Gasteiger partial charge < -0.3 is 10.4 Å². The molecule has 0 aromatic heterocycles. The molecule has 72 valence electrons. The summed E-state index contributed by atoms with van der Waals surface area (Å²) in [5, 5.41) is 11.9. The minimum absolute atomic E-state index is 0.232. The number of nitrogens with one attached hydrogen (secondary N) is 1. The molecule has 0 rings (SSSR count). The zero-order chi connectivity index (χ0) is 9.56. The summed E-state index contributed by atoms with van der Waals surface area (Å²) in [7, 11) is 0. The number of rotatable bonds is 6. The Morgan fingerprint density at radius 2 is 2.08 bits per heavy atom. The molecule has 0 fully saturated rings. The first-order valence-corrected chi connectivity index (χ1v) is 4.51. The third-order valence-corrected chi connectivity index (χ3v) is 1.75. The molecular formula is C9H19NO2. The van der Waals surface area contributed by atoms with E-state index in [0.29, 0.717) is 12.5 Å². The van der Waals surface area contributed by atoms with Gasteiger partial charge in [0.1, 0.15) is 0 Å². The second-order valence-corrected chi connectivity index (χ2v) is 3.47. The van der Waals surface area contributed by atoms with Crippen LogP contribution in [0.5, 0.6) is 0 Å². The predicted molar refractivity (Wildman–Crippen MR) is 49.1 cm³/mol. The van der Waals surface area contributed by atoms with Gasteiger partial charge in [-0.05, 0) is 18.9 Å². The van der Waals surface area contributed by atoms with Crippen molar-refractivity contribution in [2.45, 2.75) is 27.2 Å². The van der Waals surface area contributed by atoms with Crippen LogP contribution in [-0.4, -0.2) is 24.2 Å². The Balaban J connectivity index is 3.78. The maximum atomic E-state index is 10.7. The fourth-order valence-electron chi connectivity index (χ4n) is 1.16. The lowest BCUT2D eigenvalue weighted by Gasteiger charge is -2.14. The fourth-order valence-corrected chi connectivity index (χ4v) is 1.16. The number of hydrogen-bond acceptors (Lipinski definition) is 2. The van der Waals surface area contributed by atoms with Crippen molar-refractivity contribution in [3.05, 3.63) is 0 Å². The molecule has 1 atom stereocenters. The van der Waals surface area contributed by atoms with Crippen LogP contribution in [0.3, 0.4) is 0 Å². The van der Waals surface area contributed by atoms with Crippen molar-refractivity contribution < 1.29 is 9.90 Å². The minimum Gasteiger partial charge on any atom is -0.481 e. The minimum atomic E-state index is -0.690. The summed E-state index contributed by atoms with van der Waals surface area (Å²) in [6, 6.07) is 0. The lowest BCUT2D eigenvalue weighted by atomic mass is 9.97. The zero-order valence-corrected chi connectivity index (χ0v) is 8.13. The third-order valence-electron chi connectivity index (χ3n) is 1.75. The summed E-state index contributed by atoms with van der Waals surface area (Å²) in [6.07, 6.45) is 0.752. The summed E-state index contributed by atoms with van der Waals surface area (Å²) in [6.45, 7) is 7.49. The molecule has 2 N–H and O–H groups in total. The molecule has 0 saturated carbocycles. The molecule has 0 aromatic rings. The van der Waals surface area contributed by atoms with Crippen molar-refractivity contribution in [1.82, 2.24) is 5.32 Å². The van der Waals surface area contributed by atoms with Crippen LogP contribution in [0.2, 0.25) is 0 Å².